The summed E-state index contributed by atoms with van der Waals surface area (Å²) in [5.41, 5.74) is 4.97. The molecule has 1 aromatic rings. The van der Waals surface area contributed by atoms with Crippen LogP contribution in [-0.2, 0) is 4.79 Å². The molecule has 0 radical (unpaired) electrons. The fourth-order valence-electron chi connectivity index (χ4n) is 2.26. The molecule has 0 bridgehead atoms. The third-order valence-electron chi connectivity index (χ3n) is 3.45. The van der Waals surface area contributed by atoms with E-state index in [4.69, 9.17) is 5.73 Å². The van der Waals surface area contributed by atoms with Crippen LogP contribution < -0.4 is 10.6 Å². The Morgan fingerprint density at radius 1 is 1.58 bits per heavy atom. The van der Waals surface area contributed by atoms with E-state index in [9.17, 15) is 20.0 Å². The minimum Gasteiger partial charge on any atom is -0.378 e. The van der Waals surface area contributed by atoms with Crippen LogP contribution in [-0.4, -0.2) is 34.6 Å². The molecule has 19 heavy (non-hydrogen) atoms. The van der Waals surface area contributed by atoms with Crippen molar-refractivity contribution in [2.75, 3.05) is 18.0 Å². The molecule has 7 nitrogen and oxygen atoms in total. The molecule has 1 saturated heterocycles. The Kier molecular flexibility index (Phi) is 3.15. The van der Waals surface area contributed by atoms with Gasteiger partial charge in [0.15, 0.2) is 5.60 Å². The first-order chi connectivity index (χ1) is 8.83. The van der Waals surface area contributed by atoms with E-state index in [1.807, 2.05) is 0 Å². The van der Waals surface area contributed by atoms with E-state index < -0.39 is 16.4 Å². The van der Waals surface area contributed by atoms with Crippen molar-refractivity contribution in [3.05, 3.63) is 33.9 Å². The van der Waals surface area contributed by atoms with Crippen molar-refractivity contribution in [2.24, 2.45) is 5.73 Å². The fourth-order valence-corrected chi connectivity index (χ4v) is 2.26. The highest BCUT2D eigenvalue weighted by Crippen LogP contribution is 2.29. The zero-order valence-electron chi connectivity index (χ0n) is 10.5. The Hall–Kier alpha value is -2.15. The van der Waals surface area contributed by atoms with Crippen LogP contribution in [0.25, 0.3) is 0 Å². The summed E-state index contributed by atoms with van der Waals surface area (Å²) in [5.74, 6) is -0.742. The molecular weight excluding hydrogens is 250 g/mol. The average Bonchev–Trinajstić information content (AvgIpc) is 2.73. The summed E-state index contributed by atoms with van der Waals surface area (Å²) in [6.45, 7) is 2.24. The lowest BCUT2D eigenvalue weighted by Gasteiger charge is -2.21. The van der Waals surface area contributed by atoms with E-state index in [0.717, 1.165) is 5.69 Å². The third-order valence-corrected chi connectivity index (χ3v) is 3.45. The van der Waals surface area contributed by atoms with Crippen LogP contribution in [0.3, 0.4) is 0 Å². The largest absolute Gasteiger partial charge is 0.378 e. The van der Waals surface area contributed by atoms with Gasteiger partial charge in [0.1, 0.15) is 0 Å². The normalized spacial score (nSPS) is 22.5. The Bertz CT molecular complexity index is 546. The number of hydrogen-bond donors (Lipinski definition) is 2. The van der Waals surface area contributed by atoms with Crippen LogP contribution in [0.2, 0.25) is 0 Å². The highest BCUT2D eigenvalue weighted by Gasteiger charge is 2.41. The van der Waals surface area contributed by atoms with E-state index >= 15 is 0 Å². The maximum absolute atomic E-state index is 11.2. The molecule has 1 aliphatic rings. The van der Waals surface area contributed by atoms with Gasteiger partial charge in [-0.05, 0) is 19.1 Å². The minimum atomic E-state index is -1.52. The topological polar surface area (TPSA) is 110 Å². The van der Waals surface area contributed by atoms with Crippen molar-refractivity contribution in [3.63, 3.8) is 0 Å². The number of primary amides is 1. The first-order valence-corrected chi connectivity index (χ1v) is 5.86. The number of aryl methyl sites for hydroxylation is 1. The number of nitrogens with zero attached hydrogens (tertiary/aromatic N) is 2. The molecule has 0 spiro atoms. The highest BCUT2D eigenvalue weighted by molar-refractivity contribution is 5.85. The number of hydrogen-bond acceptors (Lipinski definition) is 5. The predicted molar refractivity (Wildman–Crippen MR) is 68.8 cm³/mol. The second kappa shape index (κ2) is 4.51. The quantitative estimate of drug-likeness (QED) is 0.604. The molecule has 1 heterocycles. The van der Waals surface area contributed by atoms with Crippen molar-refractivity contribution in [1.29, 1.82) is 0 Å². The Morgan fingerprint density at radius 2 is 2.26 bits per heavy atom. The van der Waals surface area contributed by atoms with Crippen LogP contribution in [0.15, 0.2) is 18.2 Å². The smallest absolute Gasteiger partial charge is 0.272 e. The molecule has 0 aromatic heterocycles. The molecule has 0 saturated carbocycles. The van der Waals surface area contributed by atoms with Gasteiger partial charge in [-0.2, -0.15) is 0 Å². The number of aliphatic hydroxyl groups is 1. The summed E-state index contributed by atoms with van der Waals surface area (Å²) in [4.78, 5) is 23.3. The molecule has 7 heteroatoms. The Morgan fingerprint density at radius 3 is 2.74 bits per heavy atom. The first kappa shape index (κ1) is 13.3. The van der Waals surface area contributed by atoms with Crippen LogP contribution in [0.5, 0.6) is 0 Å². The van der Waals surface area contributed by atoms with Crippen molar-refractivity contribution >= 4 is 17.3 Å². The number of amides is 1. The summed E-state index contributed by atoms with van der Waals surface area (Å²) in [6.07, 6.45) is 0.262. The number of rotatable bonds is 3. The van der Waals surface area contributed by atoms with Gasteiger partial charge >= 0.3 is 0 Å². The molecular formula is C12H15N3O4. The van der Waals surface area contributed by atoms with Crippen LogP contribution in [0.1, 0.15) is 12.0 Å². The molecule has 1 aromatic carbocycles. The van der Waals surface area contributed by atoms with Gasteiger partial charge in [0, 0.05) is 30.3 Å². The van der Waals surface area contributed by atoms with Gasteiger partial charge in [0.2, 0.25) is 0 Å². The molecule has 3 N–H and O–H groups in total. The first-order valence-electron chi connectivity index (χ1n) is 5.86. The van der Waals surface area contributed by atoms with Crippen molar-refractivity contribution in [3.8, 4) is 0 Å². The van der Waals surface area contributed by atoms with Crippen molar-refractivity contribution in [2.45, 2.75) is 18.9 Å². The second-order valence-corrected chi connectivity index (χ2v) is 4.80. The van der Waals surface area contributed by atoms with Crippen molar-refractivity contribution < 1.29 is 14.8 Å². The van der Waals surface area contributed by atoms with E-state index in [0.29, 0.717) is 12.1 Å². The van der Waals surface area contributed by atoms with Crippen LogP contribution in [0.4, 0.5) is 11.4 Å². The average molecular weight is 265 g/mol. The monoisotopic (exact) mass is 265 g/mol. The lowest BCUT2D eigenvalue weighted by atomic mass is 10.0. The summed E-state index contributed by atoms with van der Waals surface area (Å²) in [7, 11) is 0. The molecule has 1 fully saturated rings. The van der Waals surface area contributed by atoms with E-state index in [1.54, 1.807) is 24.0 Å². The van der Waals surface area contributed by atoms with Gasteiger partial charge in [-0.3, -0.25) is 14.9 Å². The number of nitro benzene ring substituents is 1. The number of nitro groups is 1. The van der Waals surface area contributed by atoms with Gasteiger partial charge in [0.05, 0.1) is 11.5 Å². The lowest BCUT2D eigenvalue weighted by Crippen LogP contribution is -2.46. The van der Waals surface area contributed by atoms with E-state index in [-0.39, 0.29) is 18.7 Å². The molecule has 1 amide bonds. The number of nitrogens with two attached hydrogens (primary N) is 1. The number of carbonyl (C=O) groups is 1. The van der Waals surface area contributed by atoms with Crippen molar-refractivity contribution in [1.82, 2.24) is 0 Å². The fraction of sp³-hybridized carbons (Fsp3) is 0.417. The maximum Gasteiger partial charge on any atom is 0.272 e. The molecule has 2 rings (SSSR count). The number of benzene rings is 1. The van der Waals surface area contributed by atoms with Gasteiger partial charge in [-0.1, -0.05) is 0 Å². The third kappa shape index (κ3) is 2.37. The number of carbonyl (C=O) groups excluding carboxylic acids is 1. The Labute approximate surface area is 109 Å². The van der Waals surface area contributed by atoms with E-state index in [2.05, 4.69) is 0 Å². The number of anilines is 1. The minimum absolute atomic E-state index is 0.0492. The molecule has 1 atom stereocenters. The summed E-state index contributed by atoms with van der Waals surface area (Å²) in [6, 6.07) is 4.70. The van der Waals surface area contributed by atoms with Gasteiger partial charge in [-0.15, -0.1) is 0 Å². The summed E-state index contributed by atoms with van der Waals surface area (Å²) < 4.78 is 0. The maximum atomic E-state index is 11.2. The molecule has 102 valence electrons. The molecule has 0 unspecified atom stereocenters. The molecule has 1 aliphatic heterocycles. The SMILES string of the molecule is Cc1cc(N2CC[C@@](O)(C(N)=O)C2)ccc1[N+](=O)[O-]. The molecule has 0 aliphatic carbocycles. The highest BCUT2D eigenvalue weighted by atomic mass is 16.6. The zero-order chi connectivity index (χ0) is 14.2. The Balaban J connectivity index is 2.23. The van der Waals surface area contributed by atoms with Crippen LogP contribution >= 0.6 is 0 Å². The van der Waals surface area contributed by atoms with E-state index in [1.165, 1.54) is 6.07 Å². The summed E-state index contributed by atoms with van der Waals surface area (Å²) >= 11 is 0. The standard InChI is InChI=1S/C12H15N3O4/c1-8-6-9(2-3-10(8)15(18)19)14-5-4-12(17,7-14)11(13)16/h2-3,6,17H,4-5,7H2,1H3,(H2,13,16)/t12-/m0/s1. The predicted octanol–water partition coefficient (Wildman–Crippen LogP) is 0.330. The zero-order valence-corrected chi connectivity index (χ0v) is 10.5. The second-order valence-electron chi connectivity index (χ2n) is 4.80. The lowest BCUT2D eigenvalue weighted by molar-refractivity contribution is -0.385. The van der Waals surface area contributed by atoms with Gasteiger partial charge in [-0.25, -0.2) is 0 Å². The van der Waals surface area contributed by atoms with Gasteiger partial charge < -0.3 is 15.7 Å². The van der Waals surface area contributed by atoms with Crippen LogP contribution in [0, 0.1) is 17.0 Å². The summed E-state index contributed by atoms with van der Waals surface area (Å²) in [5, 5.41) is 20.7. The number of β-amino-alcohol motifs (C(OH)–C–C–N with tert-alkyl or cyclic N) is 1. The van der Waals surface area contributed by atoms with Gasteiger partial charge in [0.25, 0.3) is 11.6 Å².